The van der Waals surface area contributed by atoms with E-state index in [1.165, 1.54) is 4.90 Å². The van der Waals surface area contributed by atoms with Gasteiger partial charge in [-0.3, -0.25) is 9.59 Å². The zero-order valence-corrected chi connectivity index (χ0v) is 15.6. The Morgan fingerprint density at radius 3 is 2.56 bits per heavy atom. The normalized spacial score (nSPS) is 14.7. The van der Waals surface area contributed by atoms with Gasteiger partial charge < -0.3 is 10.0 Å². The van der Waals surface area contributed by atoms with E-state index in [0.29, 0.717) is 19.4 Å². The van der Waals surface area contributed by atoms with Crippen LogP contribution in [0.1, 0.15) is 18.4 Å². The molecule has 2 heterocycles. The predicted octanol–water partition coefficient (Wildman–Crippen LogP) is 3.42. The van der Waals surface area contributed by atoms with Gasteiger partial charge in [0, 0.05) is 25.4 Å². The number of hydrogen-bond acceptors (Lipinski definition) is 4. The topological polar surface area (TPSA) is 75.4 Å². The molecule has 138 valence electrons. The number of hydrogen-bond donors (Lipinski definition) is 1. The van der Waals surface area contributed by atoms with Gasteiger partial charge in [0.15, 0.2) is 0 Å². The van der Waals surface area contributed by atoms with Gasteiger partial charge in [-0.15, -0.1) is 11.3 Å². The Hall–Kier alpha value is -2.93. The number of aromatic nitrogens is 2. The maximum Gasteiger partial charge on any atom is 0.319 e. The molecule has 1 fully saturated rings. The molecule has 0 saturated heterocycles. The quantitative estimate of drug-likeness (QED) is 0.664. The van der Waals surface area contributed by atoms with E-state index in [9.17, 15) is 14.7 Å². The Labute approximate surface area is 160 Å². The first-order valence-electron chi connectivity index (χ1n) is 8.68. The van der Waals surface area contributed by atoms with Gasteiger partial charge in [0.25, 0.3) is 0 Å². The minimum absolute atomic E-state index is 0.313. The Bertz CT molecular complexity index is 975. The predicted molar refractivity (Wildman–Crippen MR) is 103 cm³/mol. The summed E-state index contributed by atoms with van der Waals surface area (Å²) in [5.41, 5.74) is 1.40. The fourth-order valence-electron chi connectivity index (χ4n) is 3.20. The van der Waals surface area contributed by atoms with E-state index in [-0.39, 0.29) is 5.91 Å². The number of carboxylic acid groups (broad SMARTS) is 1. The number of benzene rings is 1. The largest absolute Gasteiger partial charge is 0.480 e. The van der Waals surface area contributed by atoms with Gasteiger partial charge in [-0.1, -0.05) is 24.3 Å². The number of carboxylic acids is 1. The van der Waals surface area contributed by atoms with Crippen molar-refractivity contribution in [3.8, 4) is 16.3 Å². The van der Waals surface area contributed by atoms with Gasteiger partial charge in [0.2, 0.25) is 5.91 Å². The maximum absolute atomic E-state index is 12.7. The molecule has 4 rings (SSSR count). The zero-order chi connectivity index (χ0) is 19.0. The van der Waals surface area contributed by atoms with Crippen LogP contribution in [-0.2, 0) is 16.1 Å². The molecule has 3 aromatic rings. The lowest BCUT2D eigenvalue weighted by Crippen LogP contribution is -2.38. The summed E-state index contributed by atoms with van der Waals surface area (Å²) in [6.45, 7) is 0.313. The van der Waals surface area contributed by atoms with Gasteiger partial charge in [-0.2, -0.15) is 5.10 Å². The number of rotatable bonds is 6. The summed E-state index contributed by atoms with van der Waals surface area (Å²) in [5, 5.41) is 16.1. The van der Waals surface area contributed by atoms with E-state index in [4.69, 9.17) is 5.10 Å². The second kappa shape index (κ2) is 6.66. The first-order valence-corrected chi connectivity index (χ1v) is 9.56. The van der Waals surface area contributed by atoms with Crippen molar-refractivity contribution in [2.24, 2.45) is 5.41 Å². The highest BCUT2D eigenvalue weighted by Gasteiger charge is 2.58. The molecule has 7 heteroatoms. The van der Waals surface area contributed by atoms with Gasteiger partial charge >= 0.3 is 5.97 Å². The monoisotopic (exact) mass is 381 g/mol. The van der Waals surface area contributed by atoms with Gasteiger partial charge in [0.1, 0.15) is 11.1 Å². The molecule has 1 aliphatic rings. The molecule has 1 amide bonds. The molecule has 1 N–H and O–H groups in total. The molecular formula is C20H19N3O3S. The summed E-state index contributed by atoms with van der Waals surface area (Å²) < 4.78 is 1.80. The summed E-state index contributed by atoms with van der Waals surface area (Å²) in [5.74, 6) is -1.36. The van der Waals surface area contributed by atoms with Gasteiger partial charge in [-0.05, 0) is 36.4 Å². The molecule has 1 aliphatic carbocycles. The second-order valence-electron chi connectivity index (χ2n) is 6.81. The molecule has 0 radical (unpaired) electrons. The lowest BCUT2D eigenvalue weighted by molar-refractivity contribution is -0.153. The van der Waals surface area contributed by atoms with E-state index < -0.39 is 11.4 Å². The number of carbonyl (C=O) groups is 2. The van der Waals surface area contributed by atoms with Crippen molar-refractivity contribution < 1.29 is 14.7 Å². The molecule has 6 nitrogen and oxygen atoms in total. The minimum atomic E-state index is -1.23. The Balaban J connectivity index is 1.66. The van der Waals surface area contributed by atoms with Crippen molar-refractivity contribution in [3.63, 3.8) is 0 Å². The molecule has 2 aromatic heterocycles. The molecule has 1 aromatic carbocycles. The average molecular weight is 381 g/mol. The SMILES string of the molecule is CN(Cc1cn(-c2ccccc2)nc1-c1cccs1)C(=O)C1(C(=O)O)CC1. The molecule has 0 bridgehead atoms. The lowest BCUT2D eigenvalue weighted by Gasteiger charge is -2.20. The Morgan fingerprint density at radius 2 is 1.96 bits per heavy atom. The molecule has 0 unspecified atom stereocenters. The third-order valence-electron chi connectivity index (χ3n) is 4.89. The number of carbonyl (C=O) groups excluding carboxylic acids is 1. The summed E-state index contributed by atoms with van der Waals surface area (Å²) in [7, 11) is 1.66. The van der Waals surface area contributed by atoms with Crippen LogP contribution in [0.5, 0.6) is 0 Å². The van der Waals surface area contributed by atoms with Crippen LogP contribution in [0.15, 0.2) is 54.0 Å². The van der Waals surface area contributed by atoms with E-state index in [1.54, 1.807) is 23.1 Å². The average Bonchev–Trinajstić information content (AvgIpc) is 3.11. The van der Waals surface area contributed by atoms with Crippen molar-refractivity contribution in [2.75, 3.05) is 7.05 Å². The summed E-state index contributed by atoms with van der Waals surface area (Å²) in [4.78, 5) is 26.6. The van der Waals surface area contributed by atoms with Crippen LogP contribution in [0, 0.1) is 5.41 Å². The van der Waals surface area contributed by atoms with Crippen molar-refractivity contribution in [3.05, 3.63) is 59.6 Å². The highest BCUT2D eigenvalue weighted by atomic mass is 32.1. The van der Waals surface area contributed by atoms with E-state index in [2.05, 4.69) is 0 Å². The van der Waals surface area contributed by atoms with Crippen LogP contribution in [0.3, 0.4) is 0 Å². The van der Waals surface area contributed by atoms with Crippen molar-refractivity contribution in [1.82, 2.24) is 14.7 Å². The highest BCUT2D eigenvalue weighted by molar-refractivity contribution is 7.13. The third-order valence-corrected chi connectivity index (χ3v) is 5.76. The van der Waals surface area contributed by atoms with Crippen LogP contribution in [-0.4, -0.2) is 38.7 Å². The zero-order valence-electron chi connectivity index (χ0n) is 14.8. The van der Waals surface area contributed by atoms with Crippen LogP contribution in [0.2, 0.25) is 0 Å². The smallest absolute Gasteiger partial charge is 0.319 e. The first kappa shape index (κ1) is 17.5. The van der Waals surface area contributed by atoms with Crippen LogP contribution < -0.4 is 0 Å². The lowest BCUT2D eigenvalue weighted by atomic mass is 10.1. The van der Waals surface area contributed by atoms with Gasteiger partial charge in [-0.25, -0.2) is 4.68 Å². The van der Waals surface area contributed by atoms with E-state index in [0.717, 1.165) is 21.8 Å². The molecule has 0 aliphatic heterocycles. The number of aliphatic carboxylic acids is 1. The number of nitrogens with zero attached hydrogens (tertiary/aromatic N) is 3. The third kappa shape index (κ3) is 3.14. The van der Waals surface area contributed by atoms with Crippen LogP contribution >= 0.6 is 11.3 Å². The first-order chi connectivity index (χ1) is 13.0. The van der Waals surface area contributed by atoms with E-state index >= 15 is 0 Å². The van der Waals surface area contributed by atoms with Crippen LogP contribution in [0.4, 0.5) is 0 Å². The molecule has 27 heavy (non-hydrogen) atoms. The molecule has 0 atom stereocenters. The highest BCUT2D eigenvalue weighted by Crippen LogP contribution is 2.47. The Morgan fingerprint density at radius 1 is 1.22 bits per heavy atom. The Kier molecular flexibility index (Phi) is 4.31. The standard InChI is InChI=1S/C20H19N3O3S/c1-22(18(24)20(9-10-20)19(25)26)12-14-13-23(15-6-3-2-4-7-15)21-17(14)16-8-5-11-27-16/h2-8,11,13H,9-10,12H2,1H3,(H,25,26). The summed E-state index contributed by atoms with van der Waals surface area (Å²) >= 11 is 1.58. The number of para-hydroxylation sites is 1. The number of amides is 1. The molecule has 0 spiro atoms. The van der Waals surface area contributed by atoms with Crippen molar-refractivity contribution in [1.29, 1.82) is 0 Å². The maximum atomic E-state index is 12.7. The molecule has 1 saturated carbocycles. The van der Waals surface area contributed by atoms with Crippen molar-refractivity contribution in [2.45, 2.75) is 19.4 Å². The summed E-state index contributed by atoms with van der Waals surface area (Å²) in [6, 6.07) is 13.7. The molecular weight excluding hydrogens is 362 g/mol. The minimum Gasteiger partial charge on any atom is -0.480 e. The fourth-order valence-corrected chi connectivity index (χ4v) is 3.94. The van der Waals surface area contributed by atoms with E-state index in [1.807, 2.05) is 54.0 Å². The summed E-state index contributed by atoms with van der Waals surface area (Å²) in [6.07, 6.45) is 2.73. The number of thiophene rings is 1. The second-order valence-corrected chi connectivity index (χ2v) is 7.76. The van der Waals surface area contributed by atoms with Crippen LogP contribution in [0.25, 0.3) is 16.3 Å². The fraction of sp³-hybridized carbons (Fsp3) is 0.250. The van der Waals surface area contributed by atoms with Gasteiger partial charge in [0.05, 0.1) is 10.6 Å². The van der Waals surface area contributed by atoms with Crippen molar-refractivity contribution >= 4 is 23.2 Å².